The lowest BCUT2D eigenvalue weighted by Crippen LogP contribution is -2.54. The van der Waals surface area contributed by atoms with Gasteiger partial charge in [-0.25, -0.2) is 9.69 Å². The SMILES string of the molecule is O=C(COc1ccc(/C=C2\C(=O)NC(=O)N(c3ccc([N+](=O)[O-])cc3)C2=O)cc1Br)Nc1ccc(Cl)cc1. The average molecular weight is 600 g/mol. The summed E-state index contributed by atoms with van der Waals surface area (Å²) in [6, 6.07) is 15.0. The normalized spacial score (nSPS) is 14.3. The number of halogens is 2. The van der Waals surface area contributed by atoms with Crippen molar-refractivity contribution < 1.29 is 28.8 Å². The maximum absolute atomic E-state index is 13.0. The molecule has 3 aromatic carbocycles. The second kappa shape index (κ2) is 11.2. The zero-order valence-electron chi connectivity index (χ0n) is 19.1. The van der Waals surface area contributed by atoms with Crippen LogP contribution in [0, 0.1) is 10.1 Å². The van der Waals surface area contributed by atoms with Crippen molar-refractivity contribution in [2.45, 2.75) is 0 Å². The number of nitro groups is 1. The summed E-state index contributed by atoms with van der Waals surface area (Å²) in [6.07, 6.45) is 1.28. The smallest absolute Gasteiger partial charge is 0.335 e. The van der Waals surface area contributed by atoms with Gasteiger partial charge in [-0.05, 0) is 76.1 Å². The van der Waals surface area contributed by atoms with E-state index < -0.39 is 28.7 Å². The summed E-state index contributed by atoms with van der Waals surface area (Å²) < 4.78 is 5.99. The van der Waals surface area contributed by atoms with Crippen LogP contribution in [-0.4, -0.2) is 35.3 Å². The van der Waals surface area contributed by atoms with Crippen LogP contribution in [0.15, 0.2) is 76.8 Å². The molecule has 0 bridgehead atoms. The van der Waals surface area contributed by atoms with Gasteiger partial charge in [0.1, 0.15) is 11.3 Å². The van der Waals surface area contributed by atoms with Crippen molar-refractivity contribution >= 4 is 74.4 Å². The highest BCUT2D eigenvalue weighted by atomic mass is 79.9. The van der Waals surface area contributed by atoms with E-state index in [0.717, 1.165) is 12.1 Å². The topological polar surface area (TPSA) is 148 Å². The Labute approximate surface area is 228 Å². The van der Waals surface area contributed by atoms with Gasteiger partial charge in [0.15, 0.2) is 6.61 Å². The van der Waals surface area contributed by atoms with Gasteiger partial charge in [-0.3, -0.25) is 29.8 Å². The molecule has 3 aromatic rings. The van der Waals surface area contributed by atoms with E-state index in [2.05, 4.69) is 26.6 Å². The van der Waals surface area contributed by atoms with Crippen molar-refractivity contribution in [2.24, 2.45) is 0 Å². The Morgan fingerprint density at radius 3 is 2.39 bits per heavy atom. The van der Waals surface area contributed by atoms with Crippen LogP contribution in [0.4, 0.5) is 21.9 Å². The molecule has 192 valence electrons. The highest BCUT2D eigenvalue weighted by molar-refractivity contribution is 9.10. The molecule has 5 amide bonds. The first-order valence-corrected chi connectivity index (χ1v) is 11.9. The lowest BCUT2D eigenvalue weighted by Gasteiger charge is -2.26. The Bertz CT molecular complexity index is 1490. The minimum absolute atomic E-state index is 0.0540. The first-order valence-electron chi connectivity index (χ1n) is 10.8. The van der Waals surface area contributed by atoms with Crippen molar-refractivity contribution in [3.05, 3.63) is 97.5 Å². The fourth-order valence-corrected chi connectivity index (χ4v) is 4.02. The Balaban J connectivity index is 1.47. The highest BCUT2D eigenvalue weighted by Crippen LogP contribution is 2.29. The molecule has 0 spiro atoms. The number of nitro benzene ring substituents is 1. The lowest BCUT2D eigenvalue weighted by molar-refractivity contribution is -0.384. The van der Waals surface area contributed by atoms with Crippen LogP contribution in [0.2, 0.25) is 5.02 Å². The molecule has 0 atom stereocenters. The molecule has 1 aliphatic heterocycles. The first-order chi connectivity index (χ1) is 18.1. The minimum Gasteiger partial charge on any atom is -0.483 e. The minimum atomic E-state index is -0.979. The van der Waals surface area contributed by atoms with E-state index in [1.165, 1.54) is 24.3 Å². The standard InChI is InChI=1S/C25H16BrClN4O7/c26-20-12-14(1-10-21(20)38-13-22(32)28-16-4-2-15(27)3-5-16)11-19-23(33)29-25(35)30(24(19)34)17-6-8-18(9-7-17)31(36)37/h1-12H,13H2,(H,28,32)(H,29,33,35)/b19-11+. The first kappa shape index (κ1) is 26.5. The Morgan fingerprint density at radius 1 is 1.08 bits per heavy atom. The number of urea groups is 1. The number of non-ortho nitro benzene ring substituents is 1. The number of benzene rings is 3. The number of ether oxygens (including phenoxy) is 1. The van der Waals surface area contributed by atoms with Gasteiger partial charge in [-0.2, -0.15) is 0 Å². The monoisotopic (exact) mass is 598 g/mol. The van der Waals surface area contributed by atoms with Gasteiger partial charge >= 0.3 is 6.03 Å². The summed E-state index contributed by atoms with van der Waals surface area (Å²) in [5.41, 5.74) is 0.483. The molecule has 0 aliphatic carbocycles. The number of rotatable bonds is 7. The van der Waals surface area contributed by atoms with E-state index >= 15 is 0 Å². The summed E-state index contributed by atoms with van der Waals surface area (Å²) in [5.74, 6) is -1.86. The van der Waals surface area contributed by atoms with Crippen LogP contribution in [-0.2, 0) is 14.4 Å². The summed E-state index contributed by atoms with van der Waals surface area (Å²) >= 11 is 9.17. The predicted molar refractivity (Wildman–Crippen MR) is 142 cm³/mol. The van der Waals surface area contributed by atoms with E-state index in [1.807, 2.05) is 0 Å². The molecule has 38 heavy (non-hydrogen) atoms. The van der Waals surface area contributed by atoms with E-state index in [4.69, 9.17) is 16.3 Å². The van der Waals surface area contributed by atoms with Crippen LogP contribution >= 0.6 is 27.5 Å². The molecule has 1 aliphatic rings. The van der Waals surface area contributed by atoms with Crippen LogP contribution < -0.4 is 20.3 Å². The van der Waals surface area contributed by atoms with Crippen molar-refractivity contribution in [1.82, 2.24) is 5.32 Å². The molecular formula is C25H16BrClN4O7. The Hall–Kier alpha value is -4.55. The number of hydrogen-bond donors (Lipinski definition) is 2. The molecule has 2 N–H and O–H groups in total. The number of anilines is 2. The second-order valence-electron chi connectivity index (χ2n) is 7.76. The molecule has 4 rings (SSSR count). The third-order valence-corrected chi connectivity index (χ3v) is 6.05. The number of carbonyl (C=O) groups is 4. The zero-order chi connectivity index (χ0) is 27.4. The molecule has 11 nitrogen and oxygen atoms in total. The van der Waals surface area contributed by atoms with Crippen LogP contribution in [0.3, 0.4) is 0 Å². The van der Waals surface area contributed by atoms with E-state index in [9.17, 15) is 29.3 Å². The van der Waals surface area contributed by atoms with E-state index in [1.54, 1.807) is 36.4 Å². The molecule has 13 heteroatoms. The predicted octanol–water partition coefficient (Wildman–Crippen LogP) is 4.69. The Kier molecular flexibility index (Phi) is 7.84. The van der Waals surface area contributed by atoms with Gasteiger partial charge < -0.3 is 10.1 Å². The Morgan fingerprint density at radius 2 is 1.76 bits per heavy atom. The van der Waals surface area contributed by atoms with E-state index in [0.29, 0.717) is 31.4 Å². The summed E-state index contributed by atoms with van der Waals surface area (Å²) in [7, 11) is 0. The van der Waals surface area contributed by atoms with Gasteiger partial charge in [-0.15, -0.1) is 0 Å². The number of imide groups is 2. The van der Waals surface area contributed by atoms with Crippen LogP contribution in [0.1, 0.15) is 5.56 Å². The van der Waals surface area contributed by atoms with Gasteiger partial charge in [0, 0.05) is 22.8 Å². The van der Waals surface area contributed by atoms with Crippen molar-refractivity contribution in [2.75, 3.05) is 16.8 Å². The van der Waals surface area contributed by atoms with Crippen molar-refractivity contribution in [3.63, 3.8) is 0 Å². The van der Waals surface area contributed by atoms with Crippen molar-refractivity contribution in [3.8, 4) is 5.75 Å². The third-order valence-electron chi connectivity index (χ3n) is 5.17. The molecular weight excluding hydrogens is 584 g/mol. The number of amides is 5. The maximum Gasteiger partial charge on any atom is 0.335 e. The largest absolute Gasteiger partial charge is 0.483 e. The zero-order valence-corrected chi connectivity index (χ0v) is 21.5. The average Bonchev–Trinajstić information content (AvgIpc) is 2.87. The van der Waals surface area contributed by atoms with Gasteiger partial charge in [0.05, 0.1) is 15.1 Å². The lowest BCUT2D eigenvalue weighted by atomic mass is 10.1. The number of hydrogen-bond acceptors (Lipinski definition) is 7. The highest BCUT2D eigenvalue weighted by Gasteiger charge is 2.37. The van der Waals surface area contributed by atoms with Gasteiger partial charge in [-0.1, -0.05) is 17.7 Å². The molecule has 0 aromatic heterocycles. The van der Waals surface area contributed by atoms with Gasteiger partial charge in [0.2, 0.25) is 0 Å². The number of nitrogens with zero attached hydrogens (tertiary/aromatic N) is 2. The molecule has 1 fully saturated rings. The number of nitrogens with one attached hydrogen (secondary N) is 2. The second-order valence-corrected chi connectivity index (χ2v) is 9.06. The van der Waals surface area contributed by atoms with E-state index in [-0.39, 0.29) is 23.6 Å². The fraction of sp³-hybridized carbons (Fsp3) is 0.0400. The summed E-state index contributed by atoms with van der Waals surface area (Å²) in [6.45, 7) is -0.283. The van der Waals surface area contributed by atoms with Gasteiger partial charge in [0.25, 0.3) is 23.4 Å². The molecule has 1 saturated heterocycles. The number of carbonyl (C=O) groups excluding carboxylic acids is 4. The summed E-state index contributed by atoms with van der Waals surface area (Å²) in [5, 5.41) is 16.2. The molecule has 1 heterocycles. The molecule has 0 unspecified atom stereocenters. The van der Waals surface area contributed by atoms with Crippen LogP contribution in [0.25, 0.3) is 6.08 Å². The number of barbiturate groups is 1. The third kappa shape index (κ3) is 6.05. The van der Waals surface area contributed by atoms with Crippen LogP contribution in [0.5, 0.6) is 5.75 Å². The maximum atomic E-state index is 13.0. The fourth-order valence-electron chi connectivity index (χ4n) is 3.38. The summed E-state index contributed by atoms with van der Waals surface area (Å²) in [4.78, 5) is 60.9. The molecule has 0 saturated carbocycles. The molecule has 0 radical (unpaired) electrons. The quantitative estimate of drug-likeness (QED) is 0.173. The van der Waals surface area contributed by atoms with Crippen molar-refractivity contribution in [1.29, 1.82) is 0 Å².